The molecule has 0 bridgehead atoms. The molecule has 1 aliphatic rings. The lowest BCUT2D eigenvalue weighted by molar-refractivity contribution is -0.144. The van der Waals surface area contributed by atoms with Gasteiger partial charge in [0.25, 0.3) is 0 Å². The molecule has 0 aliphatic carbocycles. The Morgan fingerprint density at radius 3 is 2.70 bits per heavy atom. The molecule has 1 aromatic carbocycles. The molecule has 1 aliphatic heterocycles. The van der Waals surface area contributed by atoms with Crippen molar-refractivity contribution in [3.8, 4) is 0 Å². The summed E-state index contributed by atoms with van der Waals surface area (Å²) in [5, 5.41) is 18.7. The van der Waals surface area contributed by atoms with Gasteiger partial charge < -0.3 is 10.1 Å². The van der Waals surface area contributed by atoms with Crippen molar-refractivity contribution in [3.05, 3.63) is 46.9 Å². The number of nitrogens with zero attached hydrogens (tertiary/aromatic N) is 4. The zero-order valence-electron chi connectivity index (χ0n) is 15.5. The summed E-state index contributed by atoms with van der Waals surface area (Å²) >= 11 is 0. The number of rotatable bonds is 5. The van der Waals surface area contributed by atoms with Crippen LogP contribution >= 0.6 is 0 Å². The summed E-state index contributed by atoms with van der Waals surface area (Å²) in [6.45, 7) is 7.48. The van der Waals surface area contributed by atoms with Crippen LogP contribution in [0, 0.1) is 13.8 Å². The van der Waals surface area contributed by atoms with Crippen LogP contribution in [0.5, 0.6) is 0 Å². The minimum absolute atomic E-state index is 0.654. The van der Waals surface area contributed by atoms with E-state index in [-0.39, 0.29) is 0 Å². The van der Waals surface area contributed by atoms with Crippen LogP contribution in [0.15, 0.2) is 29.0 Å². The maximum Gasteiger partial charge on any atom is 0.325 e. The first-order valence-electron chi connectivity index (χ1n) is 9.08. The van der Waals surface area contributed by atoms with Crippen molar-refractivity contribution in [3.63, 3.8) is 0 Å². The second kappa shape index (κ2) is 7.13. The highest BCUT2D eigenvalue weighted by molar-refractivity contribution is 5.89. The normalized spacial score (nSPS) is 17.4. The summed E-state index contributed by atoms with van der Waals surface area (Å²) in [5.74, 6) is -0.817. The van der Waals surface area contributed by atoms with Crippen molar-refractivity contribution in [1.82, 2.24) is 25.1 Å². The van der Waals surface area contributed by atoms with E-state index in [1.807, 2.05) is 43.1 Å². The second-order valence-electron chi connectivity index (χ2n) is 7.14. The van der Waals surface area contributed by atoms with Gasteiger partial charge >= 0.3 is 5.97 Å². The van der Waals surface area contributed by atoms with Gasteiger partial charge in [0.05, 0.1) is 0 Å². The quantitative estimate of drug-likeness (QED) is 0.711. The van der Waals surface area contributed by atoms with E-state index in [2.05, 4.69) is 20.2 Å². The first-order valence-corrected chi connectivity index (χ1v) is 9.08. The Bertz CT molecular complexity index is 955. The summed E-state index contributed by atoms with van der Waals surface area (Å²) in [4.78, 5) is 19.6. The summed E-state index contributed by atoms with van der Waals surface area (Å²) in [5.41, 5.74) is 4.55. The van der Waals surface area contributed by atoms with Gasteiger partial charge in [0.2, 0.25) is 0 Å². The van der Waals surface area contributed by atoms with E-state index in [4.69, 9.17) is 4.63 Å². The van der Waals surface area contributed by atoms with Gasteiger partial charge in [-0.1, -0.05) is 21.9 Å². The number of aryl methyl sites for hydroxylation is 2. The molecular weight excluding hydrogens is 346 g/mol. The van der Waals surface area contributed by atoms with Crippen LogP contribution in [0.25, 0.3) is 10.9 Å². The van der Waals surface area contributed by atoms with Crippen molar-refractivity contribution in [2.45, 2.75) is 26.4 Å². The topological polar surface area (TPSA) is 98.5 Å². The Morgan fingerprint density at radius 1 is 1.26 bits per heavy atom. The van der Waals surface area contributed by atoms with E-state index in [9.17, 15) is 9.90 Å². The first-order chi connectivity index (χ1) is 13.0. The molecule has 142 valence electrons. The monoisotopic (exact) mass is 369 g/mol. The minimum Gasteiger partial charge on any atom is -0.480 e. The van der Waals surface area contributed by atoms with Crippen LogP contribution in [0.1, 0.15) is 28.6 Å². The van der Waals surface area contributed by atoms with Crippen LogP contribution in [-0.4, -0.2) is 62.4 Å². The Labute approximate surface area is 156 Å². The van der Waals surface area contributed by atoms with Gasteiger partial charge in [-0.05, 0) is 26.0 Å². The Hall–Kier alpha value is -2.71. The average Bonchev–Trinajstić information content (AvgIpc) is 3.23. The third kappa shape index (κ3) is 3.45. The van der Waals surface area contributed by atoms with E-state index in [0.29, 0.717) is 19.6 Å². The highest BCUT2D eigenvalue weighted by Gasteiger charge is 2.32. The van der Waals surface area contributed by atoms with Crippen LogP contribution in [-0.2, 0) is 11.3 Å². The zero-order chi connectivity index (χ0) is 19.0. The number of fused-ring (bicyclic) bond motifs is 1. The summed E-state index contributed by atoms with van der Waals surface area (Å²) in [6.07, 6.45) is 1.83. The molecule has 8 nitrogen and oxygen atoms in total. The van der Waals surface area contributed by atoms with Gasteiger partial charge in [0.1, 0.15) is 17.4 Å². The van der Waals surface area contributed by atoms with E-state index >= 15 is 0 Å². The molecule has 1 unspecified atom stereocenters. The lowest BCUT2D eigenvalue weighted by atomic mass is 10.0. The van der Waals surface area contributed by atoms with Gasteiger partial charge in [-0.15, -0.1) is 0 Å². The Morgan fingerprint density at radius 2 is 2.04 bits per heavy atom. The molecule has 1 saturated heterocycles. The maximum absolute atomic E-state index is 12.1. The number of aromatic amines is 1. The lowest BCUT2D eigenvalue weighted by Crippen LogP contribution is -2.48. The van der Waals surface area contributed by atoms with Gasteiger partial charge in [-0.2, -0.15) is 0 Å². The molecule has 2 N–H and O–H groups in total. The highest BCUT2D eigenvalue weighted by atomic mass is 16.6. The van der Waals surface area contributed by atoms with E-state index < -0.39 is 12.0 Å². The number of hydrogen-bond acceptors (Lipinski definition) is 6. The van der Waals surface area contributed by atoms with Crippen molar-refractivity contribution in [2.24, 2.45) is 0 Å². The number of piperazine rings is 1. The summed E-state index contributed by atoms with van der Waals surface area (Å²) in [6, 6.07) is 5.42. The number of H-pyrrole nitrogens is 1. The molecular formula is C19H23N5O3. The molecule has 8 heteroatoms. The number of hydrogen-bond donors (Lipinski definition) is 2. The maximum atomic E-state index is 12.1. The fraction of sp³-hybridized carbons (Fsp3) is 0.421. The van der Waals surface area contributed by atoms with Crippen molar-refractivity contribution in [1.29, 1.82) is 0 Å². The fourth-order valence-electron chi connectivity index (χ4n) is 3.75. The number of benzene rings is 1. The zero-order valence-corrected chi connectivity index (χ0v) is 15.5. The van der Waals surface area contributed by atoms with Gasteiger partial charge in [-0.3, -0.25) is 14.6 Å². The average molecular weight is 369 g/mol. The standard InChI is InChI=1S/C19H23N5O3/c1-12-3-4-16-14(9-12)15(10-20-16)18(19(25)26)24-7-5-23(6-8-24)11-17-13(2)21-27-22-17/h3-4,9-10,18,20H,5-8,11H2,1-2H3,(H,25,26). The third-order valence-corrected chi connectivity index (χ3v) is 5.29. The molecule has 0 spiro atoms. The molecule has 2 aromatic heterocycles. The molecule has 1 atom stereocenters. The minimum atomic E-state index is -0.817. The Kier molecular flexibility index (Phi) is 4.67. The predicted octanol–water partition coefficient (Wildman–Crippen LogP) is 2.11. The molecule has 0 radical (unpaired) electrons. The van der Waals surface area contributed by atoms with Gasteiger partial charge in [-0.25, -0.2) is 4.63 Å². The Balaban J connectivity index is 1.51. The summed E-state index contributed by atoms with van der Waals surface area (Å²) < 4.78 is 4.76. The molecule has 0 saturated carbocycles. The van der Waals surface area contributed by atoms with Gasteiger partial charge in [0, 0.05) is 55.4 Å². The molecule has 0 amide bonds. The van der Waals surface area contributed by atoms with E-state index in [1.54, 1.807) is 0 Å². The fourth-order valence-corrected chi connectivity index (χ4v) is 3.75. The number of aliphatic carboxylic acids is 1. The molecule has 1 fully saturated rings. The SMILES string of the molecule is Cc1ccc2[nH]cc(C(C(=O)O)N3CCN(Cc4nonc4C)CC3)c2c1. The number of aromatic nitrogens is 3. The predicted molar refractivity (Wildman–Crippen MR) is 99.3 cm³/mol. The molecule has 3 aromatic rings. The number of carboxylic acids is 1. The molecule has 4 rings (SSSR count). The van der Waals surface area contributed by atoms with E-state index in [0.717, 1.165) is 46.5 Å². The third-order valence-electron chi connectivity index (χ3n) is 5.29. The van der Waals surface area contributed by atoms with Crippen molar-refractivity contribution < 1.29 is 14.5 Å². The second-order valence-corrected chi connectivity index (χ2v) is 7.14. The first kappa shape index (κ1) is 17.7. The number of carboxylic acid groups (broad SMARTS) is 1. The number of carbonyl (C=O) groups is 1. The van der Waals surface area contributed by atoms with Crippen LogP contribution in [0.3, 0.4) is 0 Å². The number of nitrogens with one attached hydrogen (secondary N) is 1. The van der Waals surface area contributed by atoms with Gasteiger partial charge in [0.15, 0.2) is 0 Å². The molecule has 3 heterocycles. The largest absolute Gasteiger partial charge is 0.480 e. The smallest absolute Gasteiger partial charge is 0.325 e. The van der Waals surface area contributed by atoms with Crippen LogP contribution in [0.2, 0.25) is 0 Å². The summed E-state index contributed by atoms with van der Waals surface area (Å²) in [7, 11) is 0. The van der Waals surface area contributed by atoms with Crippen LogP contribution < -0.4 is 0 Å². The molecule has 27 heavy (non-hydrogen) atoms. The van der Waals surface area contributed by atoms with Crippen LogP contribution in [0.4, 0.5) is 0 Å². The lowest BCUT2D eigenvalue weighted by Gasteiger charge is -2.37. The van der Waals surface area contributed by atoms with E-state index in [1.165, 1.54) is 0 Å². The van der Waals surface area contributed by atoms with Crippen molar-refractivity contribution in [2.75, 3.05) is 26.2 Å². The van der Waals surface area contributed by atoms with Crippen molar-refractivity contribution >= 4 is 16.9 Å². The highest BCUT2D eigenvalue weighted by Crippen LogP contribution is 2.30.